The number of fused-ring (bicyclic) bond motifs is 4. The van der Waals surface area contributed by atoms with Crippen LogP contribution in [0.25, 0.3) is 22.6 Å². The predicted octanol–water partition coefficient (Wildman–Crippen LogP) is 6.33. The van der Waals surface area contributed by atoms with Crippen LogP contribution in [0.1, 0.15) is 30.4 Å². The number of halogens is 3. The van der Waals surface area contributed by atoms with Gasteiger partial charge in [0.1, 0.15) is 0 Å². The minimum absolute atomic E-state index is 0.127. The van der Waals surface area contributed by atoms with Crippen molar-refractivity contribution in [2.45, 2.75) is 37.9 Å². The van der Waals surface area contributed by atoms with E-state index in [-0.39, 0.29) is 12.1 Å². The van der Waals surface area contributed by atoms with E-state index in [1.165, 1.54) is 12.5 Å². The maximum absolute atomic E-state index is 13.9. The zero-order valence-corrected chi connectivity index (χ0v) is 22.2. The predicted molar refractivity (Wildman–Crippen MR) is 151 cm³/mol. The molecule has 2 aliphatic rings. The molecule has 2 bridgehead atoms. The number of benzene rings is 2. The molecule has 3 N–H and O–H groups in total. The number of aryl methyl sites for hydroxylation is 1. The number of carbonyl (C=O) groups excluding carboxylic acids is 1. The highest BCUT2D eigenvalue weighted by Gasteiger charge is 2.38. The number of oxazole rings is 1. The molecule has 0 spiro atoms. The van der Waals surface area contributed by atoms with Crippen LogP contribution in [0.15, 0.2) is 71.6 Å². The SMILES string of the molecule is NCCCc1ccc(NC(=O)N2c3nc(-c4cccc(C(F)(F)F)c4)ccc3N3CCC[C@@H]2C3)cc1-c1cnco1. The number of hydrogen-bond acceptors (Lipinski definition) is 6. The second kappa shape index (κ2) is 10.9. The van der Waals surface area contributed by atoms with E-state index < -0.39 is 11.7 Å². The minimum atomic E-state index is -4.47. The molecule has 0 unspecified atom stereocenters. The number of nitrogens with two attached hydrogens (primary N) is 1. The normalized spacial score (nSPS) is 16.4. The van der Waals surface area contributed by atoms with Crippen LogP contribution < -0.4 is 20.9 Å². The van der Waals surface area contributed by atoms with Gasteiger partial charge in [0, 0.05) is 29.9 Å². The van der Waals surface area contributed by atoms with Crippen molar-refractivity contribution in [2.24, 2.45) is 5.73 Å². The smallest absolute Gasteiger partial charge is 0.416 e. The van der Waals surface area contributed by atoms with Gasteiger partial charge < -0.3 is 20.4 Å². The lowest BCUT2D eigenvalue weighted by Crippen LogP contribution is -2.56. The number of urea groups is 1. The molecule has 2 amide bonds. The molecule has 8 nitrogen and oxygen atoms in total. The van der Waals surface area contributed by atoms with Crippen molar-refractivity contribution in [3.05, 3.63) is 78.3 Å². The topological polar surface area (TPSA) is 101 Å². The number of alkyl halides is 3. The van der Waals surface area contributed by atoms with E-state index in [4.69, 9.17) is 15.1 Å². The van der Waals surface area contributed by atoms with Gasteiger partial charge in [0.25, 0.3) is 0 Å². The summed E-state index contributed by atoms with van der Waals surface area (Å²) < 4.78 is 45.7. The summed E-state index contributed by atoms with van der Waals surface area (Å²) in [6, 6.07) is 13.8. The fraction of sp³-hybridized carbons (Fsp3) is 0.300. The summed E-state index contributed by atoms with van der Waals surface area (Å²) in [7, 11) is 0. The van der Waals surface area contributed by atoms with Crippen molar-refractivity contribution in [2.75, 3.05) is 34.8 Å². The van der Waals surface area contributed by atoms with Crippen LogP contribution in [-0.2, 0) is 12.6 Å². The van der Waals surface area contributed by atoms with Crippen LogP contribution in [-0.4, -0.2) is 41.7 Å². The Labute approximate surface area is 235 Å². The molecule has 2 aromatic carbocycles. The first-order valence-electron chi connectivity index (χ1n) is 13.6. The van der Waals surface area contributed by atoms with Gasteiger partial charge in [-0.15, -0.1) is 0 Å². The Hall–Kier alpha value is -4.38. The summed E-state index contributed by atoms with van der Waals surface area (Å²) in [6.45, 7) is 2.04. The first kappa shape index (κ1) is 26.8. The maximum Gasteiger partial charge on any atom is 0.416 e. The lowest BCUT2D eigenvalue weighted by atomic mass is 9.99. The number of piperidine rings is 1. The van der Waals surface area contributed by atoms with Crippen LogP contribution in [0.3, 0.4) is 0 Å². The third-order valence-corrected chi connectivity index (χ3v) is 7.60. The molecule has 0 radical (unpaired) electrons. The number of pyridine rings is 1. The first-order valence-corrected chi connectivity index (χ1v) is 13.6. The number of nitrogens with zero attached hydrogens (tertiary/aromatic N) is 4. The summed E-state index contributed by atoms with van der Waals surface area (Å²) in [4.78, 5) is 26.5. The molecule has 1 fully saturated rings. The summed E-state index contributed by atoms with van der Waals surface area (Å²) in [5.74, 6) is 1.02. The number of rotatable bonds is 6. The van der Waals surface area contributed by atoms with Crippen molar-refractivity contribution in [3.8, 4) is 22.6 Å². The van der Waals surface area contributed by atoms with Gasteiger partial charge in [0.05, 0.1) is 29.2 Å². The molecule has 0 saturated carbocycles. The minimum Gasteiger partial charge on any atom is -0.444 e. The third-order valence-electron chi connectivity index (χ3n) is 7.60. The Kier molecular flexibility index (Phi) is 7.12. The van der Waals surface area contributed by atoms with E-state index in [1.54, 1.807) is 23.2 Å². The lowest BCUT2D eigenvalue weighted by molar-refractivity contribution is -0.137. The lowest BCUT2D eigenvalue weighted by Gasteiger charge is -2.45. The monoisotopic (exact) mass is 562 g/mol. The van der Waals surface area contributed by atoms with Crippen molar-refractivity contribution in [1.29, 1.82) is 0 Å². The number of amides is 2. The van der Waals surface area contributed by atoms with Crippen LogP contribution in [0.2, 0.25) is 0 Å². The summed E-state index contributed by atoms with van der Waals surface area (Å²) >= 11 is 0. The van der Waals surface area contributed by atoms with Gasteiger partial charge >= 0.3 is 12.2 Å². The third kappa shape index (κ3) is 5.37. The Balaban J connectivity index is 1.34. The average molecular weight is 563 g/mol. The van der Waals surface area contributed by atoms with Crippen LogP contribution in [0, 0.1) is 0 Å². The largest absolute Gasteiger partial charge is 0.444 e. The summed E-state index contributed by atoms with van der Waals surface area (Å²) in [6.07, 6.45) is 1.78. The zero-order chi connectivity index (χ0) is 28.6. The molecule has 2 aliphatic heterocycles. The fourth-order valence-electron chi connectivity index (χ4n) is 5.63. The molecule has 4 aromatic rings. The van der Waals surface area contributed by atoms with Crippen molar-refractivity contribution in [3.63, 3.8) is 0 Å². The number of aromatic nitrogens is 2. The molecule has 212 valence electrons. The molecule has 2 aromatic heterocycles. The van der Waals surface area contributed by atoms with Gasteiger partial charge in [-0.1, -0.05) is 18.2 Å². The highest BCUT2D eigenvalue weighted by molar-refractivity contribution is 6.05. The summed E-state index contributed by atoms with van der Waals surface area (Å²) in [5.41, 5.74) is 8.88. The van der Waals surface area contributed by atoms with Gasteiger partial charge in [0.15, 0.2) is 18.0 Å². The van der Waals surface area contributed by atoms with Gasteiger partial charge in [-0.25, -0.2) is 14.8 Å². The van der Waals surface area contributed by atoms with Gasteiger partial charge in [0.2, 0.25) is 0 Å². The van der Waals surface area contributed by atoms with E-state index in [0.29, 0.717) is 41.6 Å². The summed E-state index contributed by atoms with van der Waals surface area (Å²) in [5, 5.41) is 3.02. The first-order chi connectivity index (χ1) is 19.8. The van der Waals surface area contributed by atoms with E-state index in [9.17, 15) is 18.0 Å². The Morgan fingerprint density at radius 3 is 2.80 bits per heavy atom. The second-order valence-electron chi connectivity index (χ2n) is 10.3. The molecular formula is C30H29F3N6O2. The molecule has 1 saturated heterocycles. The van der Waals surface area contributed by atoms with Gasteiger partial charge in [-0.2, -0.15) is 13.2 Å². The molecule has 4 heterocycles. The molecular weight excluding hydrogens is 533 g/mol. The van der Waals surface area contributed by atoms with E-state index >= 15 is 0 Å². The number of carbonyl (C=O) groups is 1. The van der Waals surface area contributed by atoms with Crippen molar-refractivity contribution in [1.82, 2.24) is 9.97 Å². The van der Waals surface area contributed by atoms with Crippen LogP contribution in [0.4, 0.5) is 35.2 Å². The quantitative estimate of drug-likeness (QED) is 0.285. The molecule has 1 atom stereocenters. The fourth-order valence-corrected chi connectivity index (χ4v) is 5.63. The Bertz CT molecular complexity index is 1560. The Morgan fingerprint density at radius 2 is 2.02 bits per heavy atom. The maximum atomic E-state index is 13.9. The van der Waals surface area contributed by atoms with Gasteiger partial charge in [-0.3, -0.25) is 4.90 Å². The second-order valence-corrected chi connectivity index (χ2v) is 10.3. The highest BCUT2D eigenvalue weighted by Crippen LogP contribution is 2.40. The van der Waals surface area contributed by atoms with Crippen molar-refractivity contribution < 1.29 is 22.4 Å². The Morgan fingerprint density at radius 1 is 1.15 bits per heavy atom. The van der Waals surface area contributed by atoms with Crippen LogP contribution >= 0.6 is 0 Å². The van der Waals surface area contributed by atoms with Crippen molar-refractivity contribution >= 4 is 23.2 Å². The van der Waals surface area contributed by atoms with Crippen LogP contribution in [0.5, 0.6) is 0 Å². The number of nitrogens with one attached hydrogen (secondary N) is 1. The number of anilines is 3. The van der Waals surface area contributed by atoms with Gasteiger partial charge in [-0.05, 0) is 74.2 Å². The zero-order valence-electron chi connectivity index (χ0n) is 22.2. The van der Waals surface area contributed by atoms with E-state index in [2.05, 4.69) is 15.2 Å². The van der Waals surface area contributed by atoms with E-state index in [0.717, 1.165) is 61.2 Å². The standard InChI is InChI=1S/C30H29F3N6O2/c31-30(32,33)21-6-1-4-20(14-21)25-10-11-26-28(37-25)39(23-7-3-13-38(26)17-23)29(40)36-22-9-8-19(5-2-12-34)24(15-22)27-16-35-18-41-27/h1,4,6,8-11,14-16,18,23H,2-3,5,7,12-13,17,34H2,(H,36,40)/t23-/m1/s1. The number of hydrogen-bond donors (Lipinski definition) is 2. The molecule has 0 aliphatic carbocycles. The molecule has 11 heteroatoms. The average Bonchev–Trinajstić information content (AvgIpc) is 3.51. The highest BCUT2D eigenvalue weighted by atomic mass is 19.4. The molecule has 41 heavy (non-hydrogen) atoms. The van der Waals surface area contributed by atoms with E-state index in [1.807, 2.05) is 24.3 Å². The molecule has 6 rings (SSSR count).